The number of methoxy groups -OCH3 is 1. The Balaban J connectivity index is 2.05. The SMILES string of the molecule is COc1cc(C(=O)NCC(O)(c2cc(C(C)(C)NC(=O)OC(C)(C)C)cc(-c3ccc(F)cc3)n2)C(F)(F)F)ccc1OCC(N)=O. The van der Waals surface area contributed by atoms with Gasteiger partial charge in [0.2, 0.25) is 5.60 Å². The average molecular weight is 665 g/mol. The number of ether oxygens (including phenoxy) is 3. The molecule has 0 aliphatic rings. The lowest BCUT2D eigenvalue weighted by atomic mass is 9.88. The fourth-order valence-electron chi connectivity index (χ4n) is 4.23. The number of nitrogens with two attached hydrogens (primary N) is 1. The van der Waals surface area contributed by atoms with Gasteiger partial charge in [0, 0.05) is 11.1 Å². The van der Waals surface area contributed by atoms with Crippen molar-refractivity contribution in [2.75, 3.05) is 20.3 Å². The second kappa shape index (κ2) is 13.8. The third-order valence-corrected chi connectivity index (χ3v) is 6.69. The number of aromatic nitrogens is 1. The summed E-state index contributed by atoms with van der Waals surface area (Å²) in [6, 6.07) is 10.7. The van der Waals surface area contributed by atoms with Gasteiger partial charge in [-0.2, -0.15) is 13.2 Å². The molecule has 3 aromatic rings. The summed E-state index contributed by atoms with van der Waals surface area (Å²) in [5.41, 5.74) is -1.79. The number of alkyl halides is 3. The highest BCUT2D eigenvalue weighted by Crippen LogP contribution is 2.40. The van der Waals surface area contributed by atoms with Crippen LogP contribution in [-0.2, 0) is 20.7 Å². The van der Waals surface area contributed by atoms with Crippen molar-refractivity contribution in [1.82, 2.24) is 15.6 Å². The van der Waals surface area contributed by atoms with E-state index in [1.54, 1.807) is 20.8 Å². The summed E-state index contributed by atoms with van der Waals surface area (Å²) < 4.78 is 73.5. The van der Waals surface area contributed by atoms with Crippen molar-refractivity contribution >= 4 is 17.9 Å². The van der Waals surface area contributed by atoms with E-state index in [0.717, 1.165) is 24.3 Å². The standard InChI is InChI=1S/C32H36F4N4O7/c1-29(2,3)47-28(43)40-30(4,5)20-14-22(18-7-10-21(33)11-8-18)39-25(15-20)31(44,32(34,35)36)17-38-27(42)19-9-12-23(24(13-19)45-6)46-16-26(37)41/h7-15,44H,16-17H2,1-6H3,(H2,37,41)(H,38,42)(H,40,43). The molecule has 0 aliphatic carbocycles. The molecule has 1 heterocycles. The molecule has 3 amide bonds. The summed E-state index contributed by atoms with van der Waals surface area (Å²) in [5, 5.41) is 16.0. The molecule has 254 valence electrons. The number of nitrogens with one attached hydrogen (secondary N) is 2. The van der Waals surface area contributed by atoms with Crippen LogP contribution in [0.1, 0.15) is 56.2 Å². The van der Waals surface area contributed by atoms with E-state index < -0.39 is 65.5 Å². The number of nitrogens with zero attached hydrogens (tertiary/aromatic N) is 1. The molecule has 0 fully saturated rings. The van der Waals surface area contributed by atoms with Gasteiger partial charge in [0.25, 0.3) is 11.8 Å². The third-order valence-electron chi connectivity index (χ3n) is 6.69. The first-order valence-corrected chi connectivity index (χ1v) is 14.1. The number of alkyl carbamates (subject to hydrolysis) is 1. The first-order chi connectivity index (χ1) is 21.6. The van der Waals surface area contributed by atoms with Crippen LogP contribution >= 0.6 is 0 Å². The van der Waals surface area contributed by atoms with Gasteiger partial charge in [-0.25, -0.2) is 14.2 Å². The molecule has 3 rings (SSSR count). The molecule has 0 spiro atoms. The van der Waals surface area contributed by atoms with Crippen molar-refractivity contribution in [3.05, 3.63) is 77.2 Å². The van der Waals surface area contributed by atoms with Gasteiger partial charge in [0.15, 0.2) is 18.1 Å². The Bertz CT molecular complexity index is 1620. The fourth-order valence-corrected chi connectivity index (χ4v) is 4.23. The minimum absolute atomic E-state index is 0.0111. The van der Waals surface area contributed by atoms with E-state index in [0.29, 0.717) is 0 Å². The van der Waals surface area contributed by atoms with Crippen molar-refractivity contribution in [3.8, 4) is 22.8 Å². The highest BCUT2D eigenvalue weighted by Gasteiger charge is 2.56. The van der Waals surface area contributed by atoms with Gasteiger partial charge in [0.1, 0.15) is 11.4 Å². The van der Waals surface area contributed by atoms with Crippen LogP contribution in [0.5, 0.6) is 11.5 Å². The molecule has 47 heavy (non-hydrogen) atoms. The van der Waals surface area contributed by atoms with Gasteiger partial charge in [-0.05, 0) is 94.8 Å². The van der Waals surface area contributed by atoms with Crippen LogP contribution in [-0.4, -0.2) is 60.0 Å². The van der Waals surface area contributed by atoms with Gasteiger partial charge in [0.05, 0.1) is 30.6 Å². The van der Waals surface area contributed by atoms with Crippen LogP contribution in [0.3, 0.4) is 0 Å². The van der Waals surface area contributed by atoms with Crippen molar-refractivity contribution in [1.29, 1.82) is 0 Å². The summed E-state index contributed by atoms with van der Waals surface area (Å²) in [6.45, 7) is 6.05. The molecule has 15 heteroatoms. The lowest BCUT2D eigenvalue weighted by Crippen LogP contribution is -2.52. The molecule has 1 unspecified atom stereocenters. The number of carbonyl (C=O) groups excluding carboxylic acids is 3. The summed E-state index contributed by atoms with van der Waals surface area (Å²) >= 11 is 0. The minimum Gasteiger partial charge on any atom is -0.493 e. The Hall–Kier alpha value is -4.92. The zero-order valence-corrected chi connectivity index (χ0v) is 26.5. The highest BCUT2D eigenvalue weighted by molar-refractivity contribution is 5.95. The Morgan fingerprint density at radius 2 is 1.57 bits per heavy atom. The van der Waals surface area contributed by atoms with Crippen LogP contribution < -0.4 is 25.8 Å². The number of hydrogen-bond donors (Lipinski definition) is 4. The molecule has 0 bridgehead atoms. The first kappa shape index (κ1) is 36.5. The molecule has 2 aromatic carbocycles. The largest absolute Gasteiger partial charge is 0.493 e. The number of primary amides is 1. The molecule has 0 saturated carbocycles. The number of hydrogen-bond acceptors (Lipinski definition) is 8. The molecule has 0 aliphatic heterocycles. The van der Waals surface area contributed by atoms with Crippen LogP contribution in [0.2, 0.25) is 0 Å². The summed E-state index contributed by atoms with van der Waals surface area (Å²) in [4.78, 5) is 40.8. The van der Waals surface area contributed by atoms with Gasteiger partial charge < -0.3 is 35.7 Å². The molecule has 5 N–H and O–H groups in total. The highest BCUT2D eigenvalue weighted by atomic mass is 19.4. The first-order valence-electron chi connectivity index (χ1n) is 14.1. The van der Waals surface area contributed by atoms with Crippen molar-refractivity contribution < 1.29 is 51.3 Å². The molecule has 1 aromatic heterocycles. The minimum atomic E-state index is -5.38. The quantitative estimate of drug-likeness (QED) is 0.215. The summed E-state index contributed by atoms with van der Waals surface area (Å²) in [6.07, 6.45) is -6.23. The van der Waals surface area contributed by atoms with Gasteiger partial charge in [-0.15, -0.1) is 0 Å². The Morgan fingerprint density at radius 3 is 2.13 bits per heavy atom. The van der Waals surface area contributed by atoms with E-state index in [2.05, 4.69) is 15.6 Å². The number of aliphatic hydroxyl groups is 1. The van der Waals surface area contributed by atoms with E-state index in [-0.39, 0.29) is 33.9 Å². The van der Waals surface area contributed by atoms with Crippen molar-refractivity contribution in [3.63, 3.8) is 0 Å². The van der Waals surface area contributed by atoms with E-state index in [1.807, 2.05) is 0 Å². The Kier molecular flexibility index (Phi) is 10.8. The lowest BCUT2D eigenvalue weighted by Gasteiger charge is -2.33. The molecule has 11 nitrogen and oxygen atoms in total. The summed E-state index contributed by atoms with van der Waals surface area (Å²) in [5.74, 6) is -2.36. The van der Waals surface area contributed by atoms with E-state index in [4.69, 9.17) is 19.9 Å². The van der Waals surface area contributed by atoms with Crippen LogP contribution in [0.4, 0.5) is 22.4 Å². The lowest BCUT2D eigenvalue weighted by molar-refractivity contribution is -0.265. The number of benzene rings is 2. The maximum atomic E-state index is 14.7. The zero-order valence-electron chi connectivity index (χ0n) is 26.5. The second-order valence-electron chi connectivity index (χ2n) is 12.0. The maximum Gasteiger partial charge on any atom is 0.424 e. The fraction of sp³-hybridized carbons (Fsp3) is 0.375. The third kappa shape index (κ3) is 9.31. The van der Waals surface area contributed by atoms with Crippen LogP contribution in [0.25, 0.3) is 11.3 Å². The molecular formula is C32H36F4N4O7. The normalized spacial score (nSPS) is 13.3. The van der Waals surface area contributed by atoms with Gasteiger partial charge in [-0.3, -0.25) is 9.59 Å². The number of amides is 3. The number of carbonyl (C=O) groups is 3. The predicted octanol–water partition coefficient (Wildman–Crippen LogP) is 4.70. The van der Waals surface area contributed by atoms with Crippen LogP contribution in [0, 0.1) is 5.82 Å². The molecule has 1 atom stereocenters. The average Bonchev–Trinajstić information content (AvgIpc) is 2.96. The van der Waals surface area contributed by atoms with Crippen molar-refractivity contribution in [2.45, 2.75) is 57.5 Å². The second-order valence-corrected chi connectivity index (χ2v) is 12.0. The predicted molar refractivity (Wildman–Crippen MR) is 162 cm³/mol. The molecule has 0 radical (unpaired) electrons. The number of pyridine rings is 1. The molecule has 0 saturated heterocycles. The van der Waals surface area contributed by atoms with Crippen LogP contribution in [0.15, 0.2) is 54.6 Å². The maximum absolute atomic E-state index is 14.7. The Labute approximate surface area is 268 Å². The van der Waals surface area contributed by atoms with Crippen molar-refractivity contribution in [2.24, 2.45) is 5.73 Å². The smallest absolute Gasteiger partial charge is 0.424 e. The molecular weight excluding hydrogens is 628 g/mol. The summed E-state index contributed by atoms with van der Waals surface area (Å²) in [7, 11) is 1.24. The number of rotatable bonds is 11. The zero-order chi connectivity index (χ0) is 35.4. The van der Waals surface area contributed by atoms with Gasteiger partial charge in [-0.1, -0.05) is 0 Å². The number of halogens is 4. The van der Waals surface area contributed by atoms with Gasteiger partial charge >= 0.3 is 12.3 Å². The monoisotopic (exact) mass is 664 g/mol. The van der Waals surface area contributed by atoms with E-state index in [1.165, 1.54) is 51.3 Å². The Morgan fingerprint density at radius 1 is 0.936 bits per heavy atom. The topological polar surface area (TPSA) is 162 Å². The van der Waals surface area contributed by atoms with E-state index in [9.17, 15) is 37.1 Å². The van der Waals surface area contributed by atoms with E-state index >= 15 is 0 Å².